The molecule has 78 valence electrons. The summed E-state index contributed by atoms with van der Waals surface area (Å²) >= 11 is 0. The van der Waals surface area contributed by atoms with Crippen molar-refractivity contribution in [3.63, 3.8) is 0 Å². The van der Waals surface area contributed by atoms with Crippen LogP contribution in [0.1, 0.15) is 13.3 Å². The van der Waals surface area contributed by atoms with Crippen LogP contribution in [0.3, 0.4) is 0 Å². The molecule has 1 aromatic rings. The molecule has 15 heavy (non-hydrogen) atoms. The average molecular weight is 202 g/mol. The third kappa shape index (κ3) is 5.10. The van der Waals surface area contributed by atoms with Gasteiger partial charge >= 0.3 is 0 Å². The van der Waals surface area contributed by atoms with Crippen LogP contribution < -0.4 is 10.6 Å². The van der Waals surface area contributed by atoms with Crippen LogP contribution in [0.2, 0.25) is 0 Å². The highest BCUT2D eigenvalue weighted by molar-refractivity contribution is 6.57. The van der Waals surface area contributed by atoms with E-state index < -0.39 is 5.81 Å². The number of para-hydroxylation sites is 1. The van der Waals surface area contributed by atoms with Crippen LogP contribution in [0.5, 0.6) is 0 Å². The van der Waals surface area contributed by atoms with Crippen molar-refractivity contribution in [2.24, 2.45) is 0 Å². The normalized spacial score (nSPS) is 11.8. The third-order valence-electron chi connectivity index (χ3n) is 2.06. The van der Waals surface area contributed by atoms with Gasteiger partial charge in [-0.1, -0.05) is 18.2 Å². The van der Waals surface area contributed by atoms with Crippen LogP contribution in [-0.4, -0.2) is 26.2 Å². The number of benzene rings is 1. The zero-order valence-corrected chi connectivity index (χ0v) is 8.86. The molecule has 0 saturated heterocycles. The Balaban J connectivity index is 2.24. The lowest BCUT2D eigenvalue weighted by Gasteiger charge is -2.15. The van der Waals surface area contributed by atoms with Gasteiger partial charge in [0.1, 0.15) is 0 Å². The summed E-state index contributed by atoms with van der Waals surface area (Å²) in [5, 5.41) is 5.88. The molecule has 0 fully saturated rings. The summed E-state index contributed by atoms with van der Waals surface area (Å²) in [6.45, 7) is 2.66. The topological polar surface area (TPSA) is 41.1 Å². The van der Waals surface area contributed by atoms with E-state index >= 15 is 0 Å². The number of anilines is 1. The van der Waals surface area contributed by atoms with E-state index in [2.05, 4.69) is 17.6 Å². The smallest absolute Gasteiger partial charge is 0.200 e. The van der Waals surface area contributed by atoms with Crippen LogP contribution in [0.15, 0.2) is 30.3 Å². The van der Waals surface area contributed by atoms with Crippen molar-refractivity contribution in [3.8, 4) is 0 Å². The summed E-state index contributed by atoms with van der Waals surface area (Å²) in [6, 6.07) is 10.3. The average Bonchev–Trinajstić information content (AvgIpc) is 2.18. The largest absolute Gasteiger partial charge is 0.383 e. The summed E-state index contributed by atoms with van der Waals surface area (Å²) in [7, 11) is 4.96. The van der Waals surface area contributed by atoms with E-state index in [1.165, 1.54) is 0 Å². The van der Waals surface area contributed by atoms with Gasteiger partial charge in [-0.05, 0) is 25.5 Å². The highest BCUT2D eigenvalue weighted by Crippen LogP contribution is 2.07. The Bertz CT molecular complexity index is 303. The molecule has 4 heteroatoms. The summed E-state index contributed by atoms with van der Waals surface area (Å²) in [5.41, 5.74) is 1.09. The van der Waals surface area contributed by atoms with Crippen LogP contribution >= 0.6 is 0 Å². The molecule has 0 aliphatic heterocycles. The number of carbonyl (C=O) groups is 1. The first kappa shape index (κ1) is 11.6. The van der Waals surface area contributed by atoms with Crippen LogP contribution in [0.4, 0.5) is 10.5 Å². The van der Waals surface area contributed by atoms with Gasteiger partial charge in [-0.2, -0.15) is 0 Å². The molecular weight excluding hydrogens is 187 g/mol. The van der Waals surface area contributed by atoms with Crippen LogP contribution in [-0.2, 0) is 0 Å². The first-order valence-corrected chi connectivity index (χ1v) is 5.03. The second-order valence-electron chi connectivity index (χ2n) is 3.49. The number of hydrogen-bond acceptors (Lipinski definition) is 2. The molecule has 1 amide bonds. The summed E-state index contributed by atoms with van der Waals surface area (Å²) in [5.74, 6) is -0.470. The van der Waals surface area contributed by atoms with Crippen molar-refractivity contribution in [1.29, 1.82) is 0 Å². The van der Waals surface area contributed by atoms with Gasteiger partial charge in [-0.15, -0.1) is 0 Å². The van der Waals surface area contributed by atoms with E-state index in [0.717, 1.165) is 12.1 Å². The van der Waals surface area contributed by atoms with Crippen molar-refractivity contribution in [3.05, 3.63) is 30.3 Å². The Morgan fingerprint density at radius 2 is 2.07 bits per heavy atom. The molecule has 0 saturated carbocycles. The van der Waals surface area contributed by atoms with Gasteiger partial charge in [0, 0.05) is 18.3 Å². The van der Waals surface area contributed by atoms with Gasteiger partial charge < -0.3 is 10.6 Å². The minimum absolute atomic E-state index is 0.305. The first-order chi connectivity index (χ1) is 7.18. The molecule has 2 radical (unpaired) electrons. The lowest BCUT2D eigenvalue weighted by molar-refractivity contribution is 0.259. The van der Waals surface area contributed by atoms with E-state index in [0.29, 0.717) is 12.6 Å². The number of hydrogen-bond donors (Lipinski definition) is 2. The fraction of sp³-hybridized carbons (Fsp3) is 0.364. The van der Waals surface area contributed by atoms with Crippen molar-refractivity contribution in [2.45, 2.75) is 19.4 Å². The number of carbonyl (C=O) groups excluding carboxylic acids is 1. The Morgan fingerprint density at radius 3 is 2.67 bits per heavy atom. The molecule has 0 aliphatic carbocycles. The van der Waals surface area contributed by atoms with Gasteiger partial charge in [-0.3, -0.25) is 4.79 Å². The van der Waals surface area contributed by atoms with Crippen molar-refractivity contribution in [2.75, 3.05) is 11.9 Å². The molecule has 3 nitrogen and oxygen atoms in total. The quantitative estimate of drug-likeness (QED) is 0.714. The maximum Gasteiger partial charge on any atom is 0.200 e. The van der Waals surface area contributed by atoms with E-state index in [4.69, 9.17) is 7.85 Å². The van der Waals surface area contributed by atoms with E-state index in [1.54, 1.807) is 0 Å². The Labute approximate surface area is 91.7 Å². The lowest BCUT2D eigenvalue weighted by Crippen LogP contribution is -2.27. The summed E-state index contributed by atoms with van der Waals surface area (Å²) in [6.07, 6.45) is 0.845. The van der Waals surface area contributed by atoms with Crippen molar-refractivity contribution < 1.29 is 4.79 Å². The molecule has 1 unspecified atom stereocenters. The third-order valence-corrected chi connectivity index (χ3v) is 2.06. The Morgan fingerprint density at radius 1 is 1.40 bits per heavy atom. The standard InChI is InChI=1S/C11H15BN2O/c1-9(7-8-13-11(12)15)14-10-5-3-2-4-6-10/h2-6,9,14H,7-8H2,1H3,(H,13,15). The molecule has 0 aliphatic rings. The number of rotatable bonds is 5. The zero-order valence-electron chi connectivity index (χ0n) is 8.86. The molecule has 0 heterocycles. The van der Waals surface area contributed by atoms with Gasteiger partial charge in [0.15, 0.2) is 13.7 Å². The van der Waals surface area contributed by atoms with Crippen molar-refractivity contribution >= 4 is 19.3 Å². The molecule has 0 aromatic heterocycles. The molecular formula is C11H15BN2O. The number of amides is 1. The molecule has 1 atom stereocenters. The maximum atomic E-state index is 10.4. The molecule has 0 spiro atoms. The van der Waals surface area contributed by atoms with Gasteiger partial charge in [0.2, 0.25) is 0 Å². The SMILES string of the molecule is [B]C(=O)NCCC(C)Nc1ccccc1. The van der Waals surface area contributed by atoms with Crippen LogP contribution in [0, 0.1) is 0 Å². The van der Waals surface area contributed by atoms with E-state index in [1.807, 2.05) is 30.3 Å². The van der Waals surface area contributed by atoms with Gasteiger partial charge in [0.05, 0.1) is 0 Å². The fourth-order valence-corrected chi connectivity index (χ4v) is 1.30. The molecule has 1 rings (SSSR count). The summed E-state index contributed by atoms with van der Waals surface area (Å²) in [4.78, 5) is 10.4. The van der Waals surface area contributed by atoms with Crippen molar-refractivity contribution in [1.82, 2.24) is 5.32 Å². The Kier molecular flexibility index (Phi) is 4.74. The molecule has 2 N–H and O–H groups in total. The second-order valence-corrected chi connectivity index (χ2v) is 3.49. The highest BCUT2D eigenvalue weighted by Gasteiger charge is 2.01. The minimum atomic E-state index is -0.470. The highest BCUT2D eigenvalue weighted by atomic mass is 16.1. The van der Waals surface area contributed by atoms with Gasteiger partial charge in [0.25, 0.3) is 0 Å². The lowest BCUT2D eigenvalue weighted by atomic mass is 10.1. The van der Waals surface area contributed by atoms with Gasteiger partial charge in [-0.25, -0.2) is 0 Å². The fourth-order valence-electron chi connectivity index (χ4n) is 1.30. The minimum Gasteiger partial charge on any atom is -0.383 e. The maximum absolute atomic E-state index is 10.4. The number of nitrogens with one attached hydrogen (secondary N) is 2. The first-order valence-electron chi connectivity index (χ1n) is 5.03. The molecule has 1 aromatic carbocycles. The second kappa shape index (κ2) is 6.12. The predicted molar refractivity (Wildman–Crippen MR) is 63.3 cm³/mol. The van der Waals surface area contributed by atoms with E-state index in [9.17, 15) is 4.79 Å². The monoisotopic (exact) mass is 202 g/mol. The predicted octanol–water partition coefficient (Wildman–Crippen LogP) is 1.76. The van der Waals surface area contributed by atoms with E-state index in [-0.39, 0.29) is 0 Å². The summed E-state index contributed by atoms with van der Waals surface area (Å²) < 4.78 is 0. The Hall–Kier alpha value is -1.45. The molecule has 0 bridgehead atoms. The van der Waals surface area contributed by atoms with Crippen LogP contribution in [0.25, 0.3) is 0 Å². The zero-order chi connectivity index (χ0) is 11.1.